The zero-order chi connectivity index (χ0) is 21.7. The molecule has 9 heteroatoms. The topological polar surface area (TPSA) is 114 Å². The predicted octanol–water partition coefficient (Wildman–Crippen LogP) is 3.17. The predicted molar refractivity (Wildman–Crippen MR) is 114 cm³/mol. The maximum Gasteiger partial charge on any atom is 0.329 e. The highest BCUT2D eigenvalue weighted by atomic mass is 32.1. The Bertz CT molecular complexity index is 955. The van der Waals surface area contributed by atoms with Crippen LogP contribution in [0.25, 0.3) is 0 Å². The van der Waals surface area contributed by atoms with E-state index >= 15 is 0 Å². The van der Waals surface area contributed by atoms with Crippen molar-refractivity contribution >= 4 is 39.8 Å². The number of amides is 2. The SMILES string of the molecule is COc1ccccc1NC(=O)c1c(NC(=O)COCC(=O)O)sc2c1CC[C@H](C)C2. The minimum absolute atomic E-state index is 0.326. The van der Waals surface area contributed by atoms with Gasteiger partial charge in [0, 0.05) is 4.88 Å². The quantitative estimate of drug-likeness (QED) is 0.590. The summed E-state index contributed by atoms with van der Waals surface area (Å²) in [5.74, 6) is -0.942. The van der Waals surface area contributed by atoms with Crippen LogP contribution in [0.15, 0.2) is 24.3 Å². The van der Waals surface area contributed by atoms with Gasteiger partial charge in [-0.3, -0.25) is 9.59 Å². The second kappa shape index (κ2) is 9.73. The zero-order valence-electron chi connectivity index (χ0n) is 16.8. The zero-order valence-corrected chi connectivity index (χ0v) is 17.6. The van der Waals surface area contributed by atoms with E-state index in [4.69, 9.17) is 14.6 Å². The van der Waals surface area contributed by atoms with Gasteiger partial charge in [0.1, 0.15) is 24.0 Å². The van der Waals surface area contributed by atoms with Crippen LogP contribution >= 0.6 is 11.3 Å². The molecule has 2 aromatic rings. The minimum atomic E-state index is -1.15. The molecule has 3 N–H and O–H groups in total. The number of ether oxygens (including phenoxy) is 2. The fourth-order valence-corrected chi connectivity index (χ4v) is 4.83. The van der Waals surface area contributed by atoms with Crippen molar-refractivity contribution in [1.82, 2.24) is 0 Å². The number of carboxylic acids is 1. The van der Waals surface area contributed by atoms with Gasteiger partial charge in [-0.05, 0) is 42.9 Å². The molecule has 0 unspecified atom stereocenters. The van der Waals surface area contributed by atoms with Crippen molar-refractivity contribution in [1.29, 1.82) is 0 Å². The number of carbonyl (C=O) groups excluding carboxylic acids is 2. The van der Waals surface area contributed by atoms with Crippen LogP contribution in [0.1, 0.15) is 34.1 Å². The number of carboxylic acid groups (broad SMARTS) is 1. The number of para-hydroxylation sites is 2. The molecule has 160 valence electrons. The summed E-state index contributed by atoms with van der Waals surface area (Å²) in [6, 6.07) is 7.11. The van der Waals surface area contributed by atoms with E-state index in [0.29, 0.717) is 27.9 Å². The van der Waals surface area contributed by atoms with E-state index in [0.717, 1.165) is 29.7 Å². The van der Waals surface area contributed by atoms with Crippen LogP contribution in [0.5, 0.6) is 5.75 Å². The molecule has 1 aromatic heterocycles. The molecule has 1 aromatic carbocycles. The van der Waals surface area contributed by atoms with E-state index in [1.807, 2.05) is 6.07 Å². The lowest BCUT2D eigenvalue weighted by molar-refractivity contribution is -0.143. The fourth-order valence-electron chi connectivity index (χ4n) is 3.41. The van der Waals surface area contributed by atoms with Crippen molar-refractivity contribution in [2.45, 2.75) is 26.2 Å². The highest BCUT2D eigenvalue weighted by Gasteiger charge is 2.28. The summed E-state index contributed by atoms with van der Waals surface area (Å²) < 4.78 is 10.2. The molecule has 0 spiro atoms. The van der Waals surface area contributed by atoms with Crippen molar-refractivity contribution in [3.63, 3.8) is 0 Å². The molecule has 1 aliphatic carbocycles. The Morgan fingerprint density at radius 1 is 1.20 bits per heavy atom. The second-order valence-electron chi connectivity index (χ2n) is 7.15. The molecule has 0 saturated carbocycles. The van der Waals surface area contributed by atoms with Crippen molar-refractivity contribution in [3.05, 3.63) is 40.3 Å². The molecule has 8 nitrogen and oxygen atoms in total. The van der Waals surface area contributed by atoms with Crippen molar-refractivity contribution in [2.24, 2.45) is 5.92 Å². The summed E-state index contributed by atoms with van der Waals surface area (Å²) in [5, 5.41) is 14.7. The van der Waals surface area contributed by atoms with E-state index in [1.165, 1.54) is 18.4 Å². The van der Waals surface area contributed by atoms with Crippen LogP contribution in [0.3, 0.4) is 0 Å². The number of hydrogen-bond acceptors (Lipinski definition) is 6. The monoisotopic (exact) mass is 432 g/mol. The van der Waals surface area contributed by atoms with Gasteiger partial charge in [0.15, 0.2) is 0 Å². The summed E-state index contributed by atoms with van der Waals surface area (Å²) in [4.78, 5) is 37.1. The Morgan fingerprint density at radius 2 is 1.97 bits per heavy atom. The van der Waals surface area contributed by atoms with Crippen LogP contribution in [0, 0.1) is 5.92 Å². The molecule has 3 rings (SSSR count). The van der Waals surface area contributed by atoms with Crippen molar-refractivity contribution < 1.29 is 29.0 Å². The number of benzene rings is 1. The number of carbonyl (C=O) groups is 3. The third-order valence-corrected chi connectivity index (χ3v) is 5.98. The van der Waals surface area contributed by atoms with Gasteiger partial charge < -0.3 is 25.2 Å². The van der Waals surface area contributed by atoms with E-state index in [-0.39, 0.29) is 5.91 Å². The van der Waals surface area contributed by atoms with E-state index in [1.54, 1.807) is 18.2 Å². The van der Waals surface area contributed by atoms with E-state index in [9.17, 15) is 14.4 Å². The van der Waals surface area contributed by atoms with Crippen LogP contribution in [-0.2, 0) is 27.2 Å². The lowest BCUT2D eigenvalue weighted by atomic mass is 9.88. The minimum Gasteiger partial charge on any atom is -0.495 e. The third-order valence-electron chi connectivity index (χ3n) is 4.81. The summed E-state index contributed by atoms with van der Waals surface area (Å²) in [6.45, 7) is 1.20. The van der Waals surface area contributed by atoms with Crippen LogP contribution < -0.4 is 15.4 Å². The molecule has 0 aliphatic heterocycles. The number of aliphatic carboxylic acids is 1. The van der Waals surface area contributed by atoms with Crippen molar-refractivity contribution in [3.8, 4) is 5.75 Å². The van der Waals surface area contributed by atoms with Gasteiger partial charge in [-0.15, -0.1) is 11.3 Å². The van der Waals surface area contributed by atoms with Crippen molar-refractivity contribution in [2.75, 3.05) is 31.0 Å². The smallest absolute Gasteiger partial charge is 0.329 e. The maximum atomic E-state index is 13.2. The average Bonchev–Trinajstić information content (AvgIpc) is 3.04. The molecule has 2 amide bonds. The molecule has 1 atom stereocenters. The molecule has 0 saturated heterocycles. The Morgan fingerprint density at radius 3 is 2.70 bits per heavy atom. The highest BCUT2D eigenvalue weighted by Crippen LogP contribution is 2.40. The Kier molecular flexibility index (Phi) is 7.07. The molecule has 30 heavy (non-hydrogen) atoms. The van der Waals surface area contributed by atoms with Gasteiger partial charge in [0.05, 0.1) is 18.4 Å². The molecular weight excluding hydrogens is 408 g/mol. The molecule has 0 bridgehead atoms. The highest BCUT2D eigenvalue weighted by molar-refractivity contribution is 7.17. The molecule has 0 fully saturated rings. The first-order chi connectivity index (χ1) is 14.4. The number of fused-ring (bicyclic) bond motifs is 1. The standard InChI is InChI=1S/C21H24N2O6S/c1-12-7-8-13-16(9-12)30-21(23-17(24)10-29-11-18(25)26)19(13)20(27)22-14-5-3-4-6-15(14)28-2/h3-6,12H,7-11H2,1-2H3,(H,22,27)(H,23,24)(H,25,26)/t12-/m0/s1. The molecule has 0 radical (unpaired) electrons. The second-order valence-corrected chi connectivity index (χ2v) is 8.25. The summed E-state index contributed by atoms with van der Waals surface area (Å²) >= 11 is 1.39. The number of hydrogen-bond donors (Lipinski definition) is 3. The molecule has 1 heterocycles. The summed E-state index contributed by atoms with van der Waals surface area (Å²) in [5.41, 5.74) is 1.93. The molecule has 1 aliphatic rings. The molecular formula is C21H24N2O6S. The van der Waals surface area contributed by atoms with E-state index in [2.05, 4.69) is 17.6 Å². The number of rotatable bonds is 8. The van der Waals surface area contributed by atoms with Crippen LogP contribution in [0.4, 0.5) is 10.7 Å². The Balaban J connectivity index is 1.85. The lowest BCUT2D eigenvalue weighted by Crippen LogP contribution is -2.23. The Labute approximate surface area is 178 Å². The van der Waals surface area contributed by atoms with Gasteiger partial charge in [-0.25, -0.2) is 4.79 Å². The number of anilines is 2. The van der Waals surface area contributed by atoms with Gasteiger partial charge >= 0.3 is 5.97 Å². The number of nitrogens with one attached hydrogen (secondary N) is 2. The Hall–Kier alpha value is -2.91. The number of methoxy groups -OCH3 is 1. The summed E-state index contributed by atoms with van der Waals surface area (Å²) in [7, 11) is 1.53. The summed E-state index contributed by atoms with van der Waals surface area (Å²) in [6.07, 6.45) is 2.57. The first-order valence-electron chi connectivity index (χ1n) is 9.57. The van der Waals surface area contributed by atoms with Gasteiger partial charge in [0.25, 0.3) is 11.8 Å². The normalized spacial score (nSPS) is 15.2. The first-order valence-corrected chi connectivity index (χ1v) is 10.4. The third kappa shape index (κ3) is 5.17. The van der Waals surface area contributed by atoms with Gasteiger partial charge in [-0.2, -0.15) is 0 Å². The van der Waals surface area contributed by atoms with Crippen LogP contribution in [-0.4, -0.2) is 43.2 Å². The van der Waals surface area contributed by atoms with Crippen LogP contribution in [0.2, 0.25) is 0 Å². The maximum absolute atomic E-state index is 13.2. The van der Waals surface area contributed by atoms with Gasteiger partial charge in [0.2, 0.25) is 0 Å². The van der Waals surface area contributed by atoms with Gasteiger partial charge in [-0.1, -0.05) is 19.1 Å². The number of thiophene rings is 1. The lowest BCUT2D eigenvalue weighted by Gasteiger charge is -2.19. The first kappa shape index (κ1) is 21.8. The fraction of sp³-hybridized carbons (Fsp3) is 0.381. The van der Waals surface area contributed by atoms with E-state index < -0.39 is 25.1 Å². The average molecular weight is 432 g/mol. The largest absolute Gasteiger partial charge is 0.495 e.